The van der Waals surface area contributed by atoms with Crippen LogP contribution in [0, 0.1) is 17.1 Å². The first-order chi connectivity index (χ1) is 8.70. The molecule has 18 heavy (non-hydrogen) atoms. The molecule has 1 N–H and O–H groups in total. The number of rotatable bonds is 4. The summed E-state index contributed by atoms with van der Waals surface area (Å²) in [6, 6.07) is 6.63. The molecule has 1 saturated heterocycles. The fourth-order valence-corrected chi connectivity index (χ4v) is 2.18. The molecule has 2 unspecified atom stereocenters. The molecule has 0 radical (unpaired) electrons. The zero-order valence-electron chi connectivity index (χ0n) is 10.4. The van der Waals surface area contributed by atoms with Crippen molar-refractivity contribution >= 4 is 0 Å². The highest BCUT2D eigenvalue weighted by molar-refractivity contribution is 5.33. The van der Waals surface area contributed by atoms with E-state index in [-0.39, 0.29) is 18.0 Å². The number of nitrogens with zero attached hydrogens (tertiary/aromatic N) is 1. The third kappa shape index (κ3) is 3.06. The van der Waals surface area contributed by atoms with E-state index in [9.17, 15) is 4.39 Å². The Labute approximate surface area is 107 Å². The van der Waals surface area contributed by atoms with Gasteiger partial charge in [-0.15, -0.1) is 0 Å². The lowest BCUT2D eigenvalue weighted by molar-refractivity contribution is 0.0831. The molecule has 1 heterocycles. The van der Waals surface area contributed by atoms with E-state index in [2.05, 4.69) is 5.32 Å². The first kappa shape index (κ1) is 13.0. The molecule has 1 aliphatic heterocycles. The van der Waals surface area contributed by atoms with Gasteiger partial charge in [0, 0.05) is 24.8 Å². The molecule has 1 aromatic rings. The van der Waals surface area contributed by atoms with Crippen LogP contribution in [-0.2, 0) is 11.3 Å². The smallest absolute Gasteiger partial charge is 0.127 e. The van der Waals surface area contributed by atoms with Gasteiger partial charge in [-0.05, 0) is 38.0 Å². The quantitative estimate of drug-likeness (QED) is 0.889. The largest absolute Gasteiger partial charge is 0.377 e. The van der Waals surface area contributed by atoms with Gasteiger partial charge in [-0.2, -0.15) is 5.26 Å². The van der Waals surface area contributed by atoms with E-state index in [0.29, 0.717) is 17.7 Å². The Kier molecular flexibility index (Phi) is 4.29. The van der Waals surface area contributed by atoms with Crippen molar-refractivity contribution in [3.63, 3.8) is 0 Å². The minimum absolute atomic E-state index is 0.192. The van der Waals surface area contributed by atoms with E-state index in [4.69, 9.17) is 10.00 Å². The second-order valence-corrected chi connectivity index (χ2v) is 4.64. The molecule has 0 spiro atoms. The van der Waals surface area contributed by atoms with Gasteiger partial charge in [0.15, 0.2) is 0 Å². The third-order valence-corrected chi connectivity index (χ3v) is 3.31. The molecule has 96 valence electrons. The minimum atomic E-state index is -0.277. The molecule has 2 atom stereocenters. The summed E-state index contributed by atoms with van der Waals surface area (Å²) in [5, 5.41) is 12.0. The summed E-state index contributed by atoms with van der Waals surface area (Å²) in [5.74, 6) is -0.277. The second kappa shape index (κ2) is 5.94. The highest BCUT2D eigenvalue weighted by Crippen LogP contribution is 2.16. The van der Waals surface area contributed by atoms with Crippen LogP contribution in [0.5, 0.6) is 0 Å². The summed E-state index contributed by atoms with van der Waals surface area (Å²) >= 11 is 0. The summed E-state index contributed by atoms with van der Waals surface area (Å²) in [6.07, 6.45) is 2.36. The molecule has 1 aliphatic rings. The number of nitrogens with one attached hydrogen (secondary N) is 1. The Balaban J connectivity index is 1.95. The normalized spacial score (nSPS) is 20.6. The standard InChI is InChI=1S/C14H17FN2O/c1-10(14-3-2-6-18-14)17-9-12-7-11(8-16)4-5-13(12)15/h4-5,7,10,14,17H,2-3,6,9H2,1H3. The van der Waals surface area contributed by atoms with Crippen LogP contribution in [0.4, 0.5) is 4.39 Å². The van der Waals surface area contributed by atoms with Gasteiger partial charge in [-0.25, -0.2) is 4.39 Å². The van der Waals surface area contributed by atoms with Crippen LogP contribution in [0.15, 0.2) is 18.2 Å². The predicted molar refractivity (Wildman–Crippen MR) is 66.4 cm³/mol. The van der Waals surface area contributed by atoms with Crippen LogP contribution in [-0.4, -0.2) is 18.8 Å². The summed E-state index contributed by atoms with van der Waals surface area (Å²) in [5.41, 5.74) is 1.01. The van der Waals surface area contributed by atoms with Crippen LogP contribution in [0.3, 0.4) is 0 Å². The molecule has 1 fully saturated rings. The first-order valence-electron chi connectivity index (χ1n) is 6.24. The predicted octanol–water partition coefficient (Wildman–Crippen LogP) is 2.35. The third-order valence-electron chi connectivity index (χ3n) is 3.31. The highest BCUT2D eigenvalue weighted by Gasteiger charge is 2.21. The van der Waals surface area contributed by atoms with Crippen LogP contribution in [0.1, 0.15) is 30.9 Å². The molecule has 0 amide bonds. The van der Waals surface area contributed by atoms with E-state index >= 15 is 0 Å². The van der Waals surface area contributed by atoms with Crippen molar-refractivity contribution in [3.05, 3.63) is 35.1 Å². The molecule has 0 bridgehead atoms. The molecule has 2 rings (SSSR count). The van der Waals surface area contributed by atoms with Gasteiger partial charge in [-0.1, -0.05) is 0 Å². The molecule has 0 saturated carbocycles. The Morgan fingerprint density at radius 3 is 3.11 bits per heavy atom. The Hall–Kier alpha value is -1.44. The first-order valence-corrected chi connectivity index (χ1v) is 6.24. The summed E-state index contributed by atoms with van der Waals surface area (Å²) in [6.45, 7) is 3.28. The zero-order valence-corrected chi connectivity index (χ0v) is 10.4. The number of hydrogen-bond acceptors (Lipinski definition) is 3. The van der Waals surface area contributed by atoms with Crippen molar-refractivity contribution < 1.29 is 9.13 Å². The molecular formula is C14H17FN2O. The van der Waals surface area contributed by atoms with Gasteiger partial charge in [0.1, 0.15) is 5.82 Å². The lowest BCUT2D eigenvalue weighted by Gasteiger charge is -2.20. The zero-order chi connectivity index (χ0) is 13.0. The average molecular weight is 248 g/mol. The van der Waals surface area contributed by atoms with Crippen molar-refractivity contribution in [3.8, 4) is 6.07 Å². The Morgan fingerprint density at radius 2 is 2.44 bits per heavy atom. The van der Waals surface area contributed by atoms with Crippen molar-refractivity contribution in [2.45, 2.75) is 38.5 Å². The minimum Gasteiger partial charge on any atom is -0.377 e. The van der Waals surface area contributed by atoms with Gasteiger partial charge >= 0.3 is 0 Å². The van der Waals surface area contributed by atoms with Crippen molar-refractivity contribution in [1.82, 2.24) is 5.32 Å². The van der Waals surface area contributed by atoms with E-state index in [0.717, 1.165) is 19.4 Å². The van der Waals surface area contributed by atoms with Gasteiger partial charge in [0.2, 0.25) is 0 Å². The maximum absolute atomic E-state index is 13.6. The van der Waals surface area contributed by atoms with Crippen molar-refractivity contribution in [1.29, 1.82) is 5.26 Å². The van der Waals surface area contributed by atoms with Crippen molar-refractivity contribution in [2.75, 3.05) is 6.61 Å². The SMILES string of the molecule is CC(NCc1cc(C#N)ccc1F)C1CCCO1. The molecule has 4 heteroatoms. The topological polar surface area (TPSA) is 45.0 Å². The number of ether oxygens (including phenoxy) is 1. The monoisotopic (exact) mass is 248 g/mol. The summed E-state index contributed by atoms with van der Waals surface area (Å²) in [4.78, 5) is 0. The number of nitriles is 1. The molecule has 0 aliphatic carbocycles. The van der Waals surface area contributed by atoms with Crippen molar-refractivity contribution in [2.24, 2.45) is 0 Å². The summed E-state index contributed by atoms with van der Waals surface area (Å²) < 4.78 is 19.1. The van der Waals surface area contributed by atoms with Gasteiger partial charge in [-0.3, -0.25) is 0 Å². The molecule has 3 nitrogen and oxygen atoms in total. The fraction of sp³-hybridized carbons (Fsp3) is 0.500. The second-order valence-electron chi connectivity index (χ2n) is 4.64. The van der Waals surface area contributed by atoms with E-state index < -0.39 is 0 Å². The van der Waals surface area contributed by atoms with E-state index in [1.807, 2.05) is 13.0 Å². The van der Waals surface area contributed by atoms with Crippen LogP contribution in [0.2, 0.25) is 0 Å². The average Bonchev–Trinajstić information content (AvgIpc) is 2.91. The number of hydrogen-bond donors (Lipinski definition) is 1. The molecule has 1 aromatic carbocycles. The summed E-state index contributed by atoms with van der Waals surface area (Å²) in [7, 11) is 0. The lowest BCUT2D eigenvalue weighted by Crippen LogP contribution is -2.36. The maximum atomic E-state index is 13.6. The van der Waals surface area contributed by atoms with E-state index in [1.54, 1.807) is 6.07 Å². The molecule has 0 aromatic heterocycles. The Morgan fingerprint density at radius 1 is 1.61 bits per heavy atom. The highest BCUT2D eigenvalue weighted by atomic mass is 19.1. The van der Waals surface area contributed by atoms with Crippen LogP contribution >= 0.6 is 0 Å². The van der Waals surface area contributed by atoms with Crippen LogP contribution < -0.4 is 5.32 Å². The van der Waals surface area contributed by atoms with Gasteiger partial charge in [0.25, 0.3) is 0 Å². The maximum Gasteiger partial charge on any atom is 0.127 e. The molecular weight excluding hydrogens is 231 g/mol. The number of halogens is 1. The lowest BCUT2D eigenvalue weighted by atomic mass is 10.1. The van der Waals surface area contributed by atoms with E-state index in [1.165, 1.54) is 12.1 Å². The van der Waals surface area contributed by atoms with Gasteiger partial charge in [0.05, 0.1) is 17.7 Å². The fourth-order valence-electron chi connectivity index (χ4n) is 2.18. The van der Waals surface area contributed by atoms with Crippen LogP contribution in [0.25, 0.3) is 0 Å². The Bertz CT molecular complexity index is 450. The number of benzene rings is 1. The van der Waals surface area contributed by atoms with Gasteiger partial charge < -0.3 is 10.1 Å².